The number of rotatable bonds is 2. The molecule has 0 radical (unpaired) electrons. The predicted octanol–water partition coefficient (Wildman–Crippen LogP) is 1.71. The van der Waals surface area contributed by atoms with E-state index in [2.05, 4.69) is 17.0 Å². The molecular formula is C14H17NO2. The summed E-state index contributed by atoms with van der Waals surface area (Å²) in [7, 11) is 1.45. The third-order valence-corrected chi connectivity index (χ3v) is 3.75. The molecule has 0 saturated heterocycles. The van der Waals surface area contributed by atoms with Gasteiger partial charge in [-0.15, -0.1) is 0 Å². The first-order valence-corrected chi connectivity index (χ1v) is 6.24. The summed E-state index contributed by atoms with van der Waals surface area (Å²) in [4.78, 5) is 13.8. The van der Waals surface area contributed by atoms with Crippen LogP contribution in [0.5, 0.6) is 0 Å². The van der Waals surface area contributed by atoms with Crippen molar-refractivity contribution in [1.29, 1.82) is 0 Å². The number of aryl methyl sites for hydroxylation is 1. The lowest BCUT2D eigenvalue weighted by Gasteiger charge is -2.27. The van der Waals surface area contributed by atoms with E-state index in [0.29, 0.717) is 6.42 Å². The van der Waals surface area contributed by atoms with Gasteiger partial charge in [0, 0.05) is 18.8 Å². The molecule has 0 fully saturated rings. The van der Waals surface area contributed by atoms with Crippen LogP contribution in [-0.4, -0.2) is 26.2 Å². The van der Waals surface area contributed by atoms with Gasteiger partial charge in [0.05, 0.1) is 13.5 Å². The average Bonchev–Trinajstić information content (AvgIpc) is 2.74. The topological polar surface area (TPSA) is 29.5 Å². The molecule has 0 N–H and O–H groups in total. The molecule has 0 spiro atoms. The summed E-state index contributed by atoms with van der Waals surface area (Å²) in [6.45, 7) is 2.33. The Balaban J connectivity index is 1.96. The standard InChI is InChI=1S/C14H17NO2/c1-17-13(16)9-10-7-11-3-2-5-15-6-4-12(8-10)14(11)15/h7-8H,2-6,9H2,1H3. The van der Waals surface area contributed by atoms with Crippen LogP contribution in [0.1, 0.15) is 23.1 Å². The number of carbonyl (C=O) groups is 1. The van der Waals surface area contributed by atoms with Gasteiger partial charge in [0.15, 0.2) is 0 Å². The van der Waals surface area contributed by atoms with E-state index >= 15 is 0 Å². The first kappa shape index (κ1) is 10.6. The molecule has 90 valence electrons. The molecule has 3 rings (SSSR count). The van der Waals surface area contributed by atoms with Gasteiger partial charge in [-0.2, -0.15) is 0 Å². The fraction of sp³-hybridized carbons (Fsp3) is 0.500. The maximum atomic E-state index is 11.3. The van der Waals surface area contributed by atoms with Gasteiger partial charge < -0.3 is 9.64 Å². The highest BCUT2D eigenvalue weighted by atomic mass is 16.5. The van der Waals surface area contributed by atoms with Gasteiger partial charge in [-0.3, -0.25) is 4.79 Å². The molecule has 0 aromatic heterocycles. The van der Waals surface area contributed by atoms with Gasteiger partial charge in [0.1, 0.15) is 0 Å². The van der Waals surface area contributed by atoms with Crippen molar-refractivity contribution in [3.63, 3.8) is 0 Å². The van der Waals surface area contributed by atoms with Crippen LogP contribution in [0.15, 0.2) is 12.1 Å². The van der Waals surface area contributed by atoms with Crippen LogP contribution in [0.3, 0.4) is 0 Å². The second kappa shape index (κ2) is 4.06. The van der Waals surface area contributed by atoms with Crippen LogP contribution in [0.2, 0.25) is 0 Å². The lowest BCUT2D eigenvalue weighted by molar-refractivity contribution is -0.139. The maximum Gasteiger partial charge on any atom is 0.309 e. The Bertz CT molecular complexity index is 468. The molecule has 2 heterocycles. The minimum Gasteiger partial charge on any atom is -0.469 e. The third kappa shape index (κ3) is 1.79. The molecule has 2 aliphatic heterocycles. The Morgan fingerprint density at radius 3 is 2.82 bits per heavy atom. The summed E-state index contributed by atoms with van der Waals surface area (Å²) in [5, 5.41) is 0. The van der Waals surface area contributed by atoms with Crippen molar-refractivity contribution in [3.05, 3.63) is 28.8 Å². The van der Waals surface area contributed by atoms with E-state index in [1.165, 1.54) is 36.9 Å². The summed E-state index contributed by atoms with van der Waals surface area (Å²) >= 11 is 0. The van der Waals surface area contributed by atoms with E-state index in [-0.39, 0.29) is 5.97 Å². The summed E-state index contributed by atoms with van der Waals surface area (Å²) in [6, 6.07) is 4.37. The van der Waals surface area contributed by atoms with Gasteiger partial charge in [-0.1, -0.05) is 12.1 Å². The second-order valence-electron chi connectivity index (χ2n) is 4.86. The third-order valence-electron chi connectivity index (χ3n) is 3.75. The zero-order valence-electron chi connectivity index (χ0n) is 10.2. The highest BCUT2D eigenvalue weighted by Gasteiger charge is 2.26. The molecule has 0 bridgehead atoms. The fourth-order valence-corrected chi connectivity index (χ4v) is 3.01. The van der Waals surface area contributed by atoms with Crippen LogP contribution in [0, 0.1) is 0 Å². The highest BCUT2D eigenvalue weighted by Crippen LogP contribution is 2.36. The van der Waals surface area contributed by atoms with Gasteiger partial charge >= 0.3 is 5.97 Å². The monoisotopic (exact) mass is 231 g/mol. The zero-order chi connectivity index (χ0) is 11.8. The largest absolute Gasteiger partial charge is 0.469 e. The van der Waals surface area contributed by atoms with Crippen LogP contribution >= 0.6 is 0 Å². The Labute approximate surface area is 101 Å². The lowest BCUT2D eigenvalue weighted by atomic mass is 9.96. The van der Waals surface area contributed by atoms with Gasteiger partial charge in [0.25, 0.3) is 0 Å². The number of anilines is 1. The van der Waals surface area contributed by atoms with E-state index < -0.39 is 0 Å². The number of hydrogen-bond donors (Lipinski definition) is 0. The first-order chi connectivity index (χ1) is 8.28. The Kier molecular flexibility index (Phi) is 2.54. The van der Waals surface area contributed by atoms with E-state index in [1.54, 1.807) is 0 Å². The van der Waals surface area contributed by atoms with Crippen molar-refractivity contribution in [2.75, 3.05) is 25.1 Å². The number of benzene rings is 1. The van der Waals surface area contributed by atoms with Crippen LogP contribution < -0.4 is 4.90 Å². The first-order valence-electron chi connectivity index (χ1n) is 6.24. The minimum absolute atomic E-state index is 0.150. The van der Waals surface area contributed by atoms with Crippen molar-refractivity contribution in [2.45, 2.75) is 25.7 Å². The molecule has 1 aromatic carbocycles. The molecular weight excluding hydrogens is 214 g/mol. The predicted molar refractivity (Wildman–Crippen MR) is 66.4 cm³/mol. The second-order valence-corrected chi connectivity index (χ2v) is 4.86. The van der Waals surface area contributed by atoms with Crippen molar-refractivity contribution < 1.29 is 9.53 Å². The number of carbonyl (C=O) groups excluding carboxylic acids is 1. The van der Waals surface area contributed by atoms with E-state index in [1.807, 2.05) is 0 Å². The summed E-state index contributed by atoms with van der Waals surface area (Å²) in [6.07, 6.45) is 3.90. The van der Waals surface area contributed by atoms with Crippen LogP contribution in [0.4, 0.5) is 5.69 Å². The highest BCUT2D eigenvalue weighted by molar-refractivity contribution is 5.74. The van der Waals surface area contributed by atoms with E-state index in [0.717, 1.165) is 24.9 Å². The van der Waals surface area contributed by atoms with Gasteiger partial charge in [0.2, 0.25) is 0 Å². The fourth-order valence-electron chi connectivity index (χ4n) is 3.01. The van der Waals surface area contributed by atoms with Crippen LogP contribution in [-0.2, 0) is 28.8 Å². The number of methoxy groups -OCH3 is 1. The molecule has 0 amide bonds. The lowest BCUT2D eigenvalue weighted by Crippen LogP contribution is -2.26. The normalized spacial score (nSPS) is 16.9. The Morgan fingerprint density at radius 2 is 2.06 bits per heavy atom. The van der Waals surface area contributed by atoms with Crippen molar-refractivity contribution in [3.8, 4) is 0 Å². The molecule has 0 aliphatic carbocycles. The molecule has 3 heteroatoms. The summed E-state index contributed by atoms with van der Waals surface area (Å²) in [5.41, 5.74) is 5.39. The van der Waals surface area contributed by atoms with E-state index in [4.69, 9.17) is 4.74 Å². The smallest absolute Gasteiger partial charge is 0.309 e. The zero-order valence-corrected chi connectivity index (χ0v) is 10.2. The van der Waals surface area contributed by atoms with Crippen LogP contribution in [0.25, 0.3) is 0 Å². The molecule has 0 atom stereocenters. The molecule has 0 saturated carbocycles. The molecule has 0 unspecified atom stereocenters. The molecule has 1 aromatic rings. The SMILES string of the molecule is COC(=O)Cc1cc2c3c(c1)CCN3CCC2. The van der Waals surface area contributed by atoms with Gasteiger partial charge in [-0.25, -0.2) is 0 Å². The minimum atomic E-state index is -0.150. The summed E-state index contributed by atoms with van der Waals surface area (Å²) in [5.74, 6) is -0.150. The number of nitrogens with zero attached hydrogens (tertiary/aromatic N) is 1. The molecule has 3 nitrogen and oxygen atoms in total. The van der Waals surface area contributed by atoms with Gasteiger partial charge in [-0.05, 0) is 36.0 Å². The average molecular weight is 231 g/mol. The van der Waals surface area contributed by atoms with Crippen molar-refractivity contribution in [1.82, 2.24) is 0 Å². The van der Waals surface area contributed by atoms with E-state index in [9.17, 15) is 4.79 Å². The quantitative estimate of drug-likeness (QED) is 0.726. The maximum absolute atomic E-state index is 11.3. The number of esters is 1. The Hall–Kier alpha value is -1.51. The molecule has 2 aliphatic rings. The number of ether oxygens (including phenoxy) is 1. The van der Waals surface area contributed by atoms with Crippen molar-refractivity contribution >= 4 is 11.7 Å². The van der Waals surface area contributed by atoms with Crippen molar-refractivity contribution in [2.24, 2.45) is 0 Å². The summed E-state index contributed by atoms with van der Waals surface area (Å²) < 4.78 is 4.73. The Morgan fingerprint density at radius 1 is 1.29 bits per heavy atom. The number of hydrogen-bond acceptors (Lipinski definition) is 3. The molecule has 17 heavy (non-hydrogen) atoms.